The lowest BCUT2D eigenvalue weighted by Crippen LogP contribution is -2.39. The Labute approximate surface area is 185 Å². The van der Waals surface area contributed by atoms with Crippen LogP contribution in [-0.2, 0) is 17.1 Å². The summed E-state index contributed by atoms with van der Waals surface area (Å²) in [7, 11) is -0.111. The van der Waals surface area contributed by atoms with Crippen molar-refractivity contribution in [1.29, 1.82) is 0 Å². The molecule has 3 aromatic rings. The fourth-order valence-corrected chi connectivity index (χ4v) is 6.51. The Morgan fingerprint density at radius 2 is 1.94 bits per heavy atom. The highest BCUT2D eigenvalue weighted by Crippen LogP contribution is 2.27. The Balaban J connectivity index is 1.62. The lowest BCUT2D eigenvalue weighted by Gasteiger charge is -2.30. The van der Waals surface area contributed by atoms with Crippen LogP contribution in [0.1, 0.15) is 30.1 Å². The van der Waals surface area contributed by atoms with Gasteiger partial charge in [0, 0.05) is 25.7 Å². The van der Waals surface area contributed by atoms with Crippen LogP contribution < -0.4 is 9.54 Å². The van der Waals surface area contributed by atoms with Crippen molar-refractivity contribution in [3.63, 3.8) is 0 Å². The summed E-state index contributed by atoms with van der Waals surface area (Å²) in [6.45, 7) is 3.13. The zero-order valence-corrected chi connectivity index (χ0v) is 19.4. The van der Waals surface area contributed by atoms with Crippen LogP contribution in [0.25, 0.3) is 10.2 Å². The van der Waals surface area contributed by atoms with E-state index in [0.717, 1.165) is 23.1 Å². The number of hydrogen-bond acceptors (Lipinski definition) is 5. The van der Waals surface area contributed by atoms with Crippen LogP contribution in [0.4, 0.5) is 0 Å². The van der Waals surface area contributed by atoms with Crippen LogP contribution in [0.15, 0.2) is 52.4 Å². The van der Waals surface area contributed by atoms with Crippen LogP contribution in [0.2, 0.25) is 0 Å². The summed E-state index contributed by atoms with van der Waals surface area (Å²) in [6.07, 6.45) is 1.91. The van der Waals surface area contributed by atoms with Crippen LogP contribution in [-0.4, -0.2) is 43.4 Å². The summed E-state index contributed by atoms with van der Waals surface area (Å²) < 4.78 is 35.6. The molecule has 0 unspecified atom stereocenters. The van der Waals surface area contributed by atoms with E-state index < -0.39 is 15.9 Å². The highest BCUT2D eigenvalue weighted by atomic mass is 32.2. The van der Waals surface area contributed by atoms with Crippen molar-refractivity contribution in [2.45, 2.75) is 24.7 Å². The summed E-state index contributed by atoms with van der Waals surface area (Å²) in [6, 6.07) is 11.7. The number of rotatable bonds is 4. The number of sulfonamides is 1. The van der Waals surface area contributed by atoms with Gasteiger partial charge < -0.3 is 9.30 Å². The summed E-state index contributed by atoms with van der Waals surface area (Å²) in [5.41, 5.74) is 1.22. The van der Waals surface area contributed by atoms with E-state index in [1.165, 1.54) is 39.9 Å². The van der Waals surface area contributed by atoms with Gasteiger partial charge in [-0.25, -0.2) is 8.42 Å². The molecule has 0 radical (unpaired) electrons. The Morgan fingerprint density at radius 3 is 2.61 bits per heavy atom. The molecule has 9 heteroatoms. The van der Waals surface area contributed by atoms with Gasteiger partial charge in [0.05, 0.1) is 16.7 Å². The molecule has 1 amide bonds. The molecule has 7 nitrogen and oxygen atoms in total. The molecule has 0 aliphatic carbocycles. The quantitative estimate of drug-likeness (QED) is 0.599. The van der Waals surface area contributed by atoms with Crippen molar-refractivity contribution in [3.8, 4) is 5.75 Å². The Kier molecular flexibility index (Phi) is 6.00. The third-order valence-electron chi connectivity index (χ3n) is 5.56. The normalized spacial score (nSPS) is 18.4. The molecule has 0 bridgehead atoms. The minimum atomic E-state index is -3.55. The lowest BCUT2D eigenvalue weighted by atomic mass is 10.0. The third-order valence-corrected chi connectivity index (χ3v) is 8.54. The number of carbonyl (C=O) groups excluding carboxylic acids is 1. The standard InChI is InChI=1S/C22H25N3O4S2/c1-15-6-5-13-25(14-15)31(27,28)17-11-9-16(10-12-17)21(26)23-22-24(2)20-18(29-3)7-4-8-19(20)30-22/h4,7-12,15H,5-6,13-14H2,1-3H3/t15-/m1/s1. The first-order valence-electron chi connectivity index (χ1n) is 10.1. The predicted molar refractivity (Wildman–Crippen MR) is 121 cm³/mol. The number of piperidine rings is 1. The van der Waals surface area contributed by atoms with E-state index in [9.17, 15) is 13.2 Å². The van der Waals surface area contributed by atoms with Crippen molar-refractivity contribution in [2.75, 3.05) is 20.2 Å². The van der Waals surface area contributed by atoms with Gasteiger partial charge in [0.15, 0.2) is 4.80 Å². The van der Waals surface area contributed by atoms with Gasteiger partial charge in [0.2, 0.25) is 10.0 Å². The number of methoxy groups -OCH3 is 1. The molecule has 4 rings (SSSR count). The number of hydrogen-bond donors (Lipinski definition) is 0. The van der Waals surface area contributed by atoms with Gasteiger partial charge in [-0.05, 0) is 55.2 Å². The number of para-hydroxylation sites is 1. The van der Waals surface area contributed by atoms with E-state index in [-0.39, 0.29) is 4.90 Å². The maximum absolute atomic E-state index is 12.9. The van der Waals surface area contributed by atoms with Crippen LogP contribution >= 0.6 is 11.3 Å². The van der Waals surface area contributed by atoms with E-state index in [2.05, 4.69) is 11.9 Å². The fourth-order valence-electron chi connectivity index (χ4n) is 3.87. The molecular formula is C22H25N3O4S2. The first-order valence-corrected chi connectivity index (χ1v) is 12.4. The Morgan fingerprint density at radius 1 is 1.19 bits per heavy atom. The molecule has 164 valence electrons. The Hall–Kier alpha value is -2.49. The predicted octanol–water partition coefficient (Wildman–Crippen LogP) is 3.41. The van der Waals surface area contributed by atoms with Crippen molar-refractivity contribution in [1.82, 2.24) is 8.87 Å². The zero-order valence-electron chi connectivity index (χ0n) is 17.7. The average molecular weight is 460 g/mol. The minimum absolute atomic E-state index is 0.204. The highest BCUT2D eigenvalue weighted by Gasteiger charge is 2.28. The molecular weight excluding hydrogens is 434 g/mol. The smallest absolute Gasteiger partial charge is 0.279 e. The number of thiazole rings is 1. The van der Waals surface area contributed by atoms with Crippen molar-refractivity contribution >= 4 is 37.5 Å². The van der Waals surface area contributed by atoms with E-state index in [1.54, 1.807) is 7.11 Å². The molecule has 1 atom stereocenters. The minimum Gasteiger partial charge on any atom is -0.495 e. The number of fused-ring (bicyclic) bond motifs is 1. The highest BCUT2D eigenvalue weighted by molar-refractivity contribution is 7.89. The number of aromatic nitrogens is 1. The molecule has 1 saturated heterocycles. The number of ether oxygens (including phenoxy) is 1. The van der Waals surface area contributed by atoms with Crippen LogP contribution in [0.3, 0.4) is 0 Å². The van der Waals surface area contributed by atoms with Gasteiger partial charge in [0.25, 0.3) is 5.91 Å². The van der Waals surface area contributed by atoms with Gasteiger partial charge in [-0.15, -0.1) is 0 Å². The van der Waals surface area contributed by atoms with Crippen LogP contribution in [0, 0.1) is 5.92 Å². The van der Waals surface area contributed by atoms with Crippen molar-refractivity contribution < 1.29 is 17.9 Å². The van der Waals surface area contributed by atoms with Gasteiger partial charge in [0.1, 0.15) is 11.3 Å². The largest absolute Gasteiger partial charge is 0.495 e. The molecule has 0 saturated carbocycles. The molecule has 2 aromatic carbocycles. The number of nitrogens with zero attached hydrogens (tertiary/aromatic N) is 3. The molecule has 1 aromatic heterocycles. The number of carbonyl (C=O) groups is 1. The SMILES string of the molecule is COc1cccc2sc(=NC(=O)c3ccc(S(=O)(=O)N4CCC[C@@H](C)C4)cc3)n(C)c12. The van der Waals surface area contributed by atoms with Gasteiger partial charge in [-0.2, -0.15) is 9.30 Å². The molecule has 2 heterocycles. The maximum atomic E-state index is 12.9. The van der Waals surface area contributed by atoms with Gasteiger partial charge in [-0.1, -0.05) is 24.3 Å². The number of benzene rings is 2. The summed E-state index contributed by atoms with van der Waals surface area (Å²) in [5.74, 6) is 0.646. The third kappa shape index (κ3) is 4.17. The second kappa shape index (κ2) is 8.57. The van der Waals surface area contributed by atoms with Crippen molar-refractivity contribution in [3.05, 3.63) is 52.8 Å². The second-order valence-electron chi connectivity index (χ2n) is 7.80. The number of amides is 1. The summed E-state index contributed by atoms with van der Waals surface area (Å²) in [5, 5.41) is 0. The van der Waals surface area contributed by atoms with Crippen LogP contribution in [0.5, 0.6) is 5.75 Å². The van der Waals surface area contributed by atoms with E-state index in [0.29, 0.717) is 35.1 Å². The van der Waals surface area contributed by atoms with Crippen molar-refractivity contribution in [2.24, 2.45) is 18.0 Å². The average Bonchev–Trinajstić information content (AvgIpc) is 3.09. The molecule has 0 N–H and O–H groups in total. The first kappa shape index (κ1) is 21.7. The molecule has 1 aliphatic heterocycles. The van der Waals surface area contributed by atoms with E-state index in [4.69, 9.17) is 4.74 Å². The summed E-state index contributed by atoms with van der Waals surface area (Å²) >= 11 is 1.40. The van der Waals surface area contributed by atoms with E-state index >= 15 is 0 Å². The van der Waals surface area contributed by atoms with E-state index in [1.807, 2.05) is 29.8 Å². The molecule has 1 aliphatic rings. The topological polar surface area (TPSA) is 81.0 Å². The molecule has 1 fully saturated rings. The maximum Gasteiger partial charge on any atom is 0.279 e. The second-order valence-corrected chi connectivity index (χ2v) is 10.7. The summed E-state index contributed by atoms with van der Waals surface area (Å²) in [4.78, 5) is 17.7. The number of aryl methyl sites for hydroxylation is 1. The van der Waals surface area contributed by atoms with Gasteiger partial charge in [-0.3, -0.25) is 4.79 Å². The molecule has 31 heavy (non-hydrogen) atoms. The molecule has 0 spiro atoms. The zero-order chi connectivity index (χ0) is 22.2. The monoisotopic (exact) mass is 459 g/mol. The Bertz CT molecular complexity index is 1290. The fraction of sp³-hybridized carbons (Fsp3) is 0.364. The lowest BCUT2D eigenvalue weighted by molar-refractivity contribution is 0.0998. The van der Waals surface area contributed by atoms with Gasteiger partial charge >= 0.3 is 0 Å². The first-order chi connectivity index (χ1) is 14.8.